The Morgan fingerprint density at radius 2 is 1.67 bits per heavy atom. The van der Waals surface area contributed by atoms with Crippen molar-refractivity contribution in [1.29, 1.82) is 0 Å². The van der Waals surface area contributed by atoms with Gasteiger partial charge in [-0.2, -0.15) is 0 Å². The predicted octanol–water partition coefficient (Wildman–Crippen LogP) is 4.33. The zero-order chi connectivity index (χ0) is 20.7. The monoisotopic (exact) mass is 400 g/mol. The van der Waals surface area contributed by atoms with Gasteiger partial charge in [0.2, 0.25) is 0 Å². The molecular weight excluding hydrogens is 386 g/mol. The third kappa shape index (κ3) is 3.10. The number of aromatic nitrogens is 4. The van der Waals surface area contributed by atoms with Crippen LogP contribution in [-0.4, -0.2) is 19.5 Å². The first-order valence-electron chi connectivity index (χ1n) is 9.23. The molecule has 3 aromatic heterocycles. The summed E-state index contributed by atoms with van der Waals surface area (Å²) in [7, 11) is 0. The lowest BCUT2D eigenvalue weighted by molar-refractivity contribution is 0.544. The molecule has 2 aromatic carbocycles. The van der Waals surface area contributed by atoms with Crippen molar-refractivity contribution in [2.75, 3.05) is 0 Å². The van der Waals surface area contributed by atoms with Crippen LogP contribution in [0.4, 0.5) is 8.78 Å². The molecule has 0 aliphatic heterocycles. The third-order valence-corrected chi connectivity index (χ3v) is 5.03. The second-order valence-corrected chi connectivity index (χ2v) is 6.88. The standard InChI is InChI=1S/C23H14F2N4O/c24-19-9-16(15-4-3-14-5-7-26-11-17(14)8-15)10-20(25)18(19)13-29-22(30)12-28-21-2-1-6-27-23(21)29/h1-12H,13H2. The molecule has 5 rings (SSSR count). The van der Waals surface area contributed by atoms with Gasteiger partial charge in [-0.1, -0.05) is 12.1 Å². The van der Waals surface area contributed by atoms with Crippen LogP contribution in [0.1, 0.15) is 5.56 Å². The highest BCUT2D eigenvalue weighted by atomic mass is 19.1. The van der Waals surface area contributed by atoms with Gasteiger partial charge in [0.05, 0.1) is 12.7 Å². The third-order valence-electron chi connectivity index (χ3n) is 5.03. The molecule has 0 unspecified atom stereocenters. The number of rotatable bonds is 3. The molecule has 7 heteroatoms. The minimum absolute atomic E-state index is 0.207. The number of benzene rings is 2. The van der Waals surface area contributed by atoms with Crippen molar-refractivity contribution >= 4 is 21.9 Å². The lowest BCUT2D eigenvalue weighted by Crippen LogP contribution is -2.23. The highest BCUT2D eigenvalue weighted by Gasteiger charge is 2.15. The summed E-state index contributed by atoms with van der Waals surface area (Å²) in [5.41, 5.74) is 1.14. The van der Waals surface area contributed by atoms with Crippen LogP contribution in [0.25, 0.3) is 33.1 Å². The van der Waals surface area contributed by atoms with E-state index in [1.54, 1.807) is 30.6 Å². The van der Waals surface area contributed by atoms with E-state index in [-0.39, 0.29) is 17.8 Å². The Morgan fingerprint density at radius 1 is 0.833 bits per heavy atom. The topological polar surface area (TPSA) is 60.7 Å². The molecule has 5 aromatic rings. The first-order valence-corrected chi connectivity index (χ1v) is 9.23. The molecule has 0 bridgehead atoms. The van der Waals surface area contributed by atoms with E-state index in [0.717, 1.165) is 17.0 Å². The Labute approximate surface area is 169 Å². The Balaban J connectivity index is 1.58. The molecule has 0 saturated carbocycles. The van der Waals surface area contributed by atoms with Crippen LogP contribution in [0, 0.1) is 11.6 Å². The zero-order valence-electron chi connectivity index (χ0n) is 15.6. The van der Waals surface area contributed by atoms with Crippen LogP contribution in [0.15, 0.2) is 78.1 Å². The molecule has 0 aliphatic rings. The molecule has 146 valence electrons. The Bertz CT molecular complexity index is 1460. The summed E-state index contributed by atoms with van der Waals surface area (Å²) in [6.45, 7) is -0.283. The van der Waals surface area contributed by atoms with Gasteiger partial charge in [0.15, 0.2) is 5.65 Å². The fourth-order valence-corrected chi connectivity index (χ4v) is 3.49. The highest BCUT2D eigenvalue weighted by Crippen LogP contribution is 2.28. The lowest BCUT2D eigenvalue weighted by Gasteiger charge is -2.12. The molecule has 30 heavy (non-hydrogen) atoms. The van der Waals surface area contributed by atoms with Crippen LogP contribution in [0.2, 0.25) is 0 Å². The maximum atomic E-state index is 14.9. The lowest BCUT2D eigenvalue weighted by atomic mass is 10.0. The van der Waals surface area contributed by atoms with Gasteiger partial charge in [-0.25, -0.2) is 18.7 Å². The van der Waals surface area contributed by atoms with Gasteiger partial charge >= 0.3 is 0 Å². The van der Waals surface area contributed by atoms with Crippen LogP contribution >= 0.6 is 0 Å². The van der Waals surface area contributed by atoms with E-state index in [1.807, 2.05) is 18.2 Å². The average Bonchev–Trinajstić information content (AvgIpc) is 2.77. The van der Waals surface area contributed by atoms with E-state index in [9.17, 15) is 13.6 Å². The number of hydrogen-bond donors (Lipinski definition) is 0. The predicted molar refractivity (Wildman–Crippen MR) is 110 cm³/mol. The van der Waals surface area contributed by atoms with E-state index >= 15 is 0 Å². The second kappa shape index (κ2) is 7.11. The number of halogens is 2. The van der Waals surface area contributed by atoms with Gasteiger partial charge in [-0.05, 0) is 52.9 Å². The van der Waals surface area contributed by atoms with Gasteiger partial charge < -0.3 is 0 Å². The smallest absolute Gasteiger partial charge is 0.270 e. The van der Waals surface area contributed by atoms with Crippen LogP contribution in [0.5, 0.6) is 0 Å². The quantitative estimate of drug-likeness (QED) is 0.452. The largest absolute Gasteiger partial charge is 0.285 e. The molecule has 0 amide bonds. The number of fused-ring (bicyclic) bond motifs is 2. The summed E-state index contributed by atoms with van der Waals surface area (Å²) in [4.78, 5) is 24.5. The molecule has 0 radical (unpaired) electrons. The van der Waals surface area contributed by atoms with Crippen molar-refractivity contribution in [2.45, 2.75) is 6.54 Å². The molecular formula is C23H14F2N4O. The minimum Gasteiger partial charge on any atom is -0.285 e. The Morgan fingerprint density at radius 3 is 2.50 bits per heavy atom. The van der Waals surface area contributed by atoms with Gasteiger partial charge in [0, 0.05) is 29.5 Å². The van der Waals surface area contributed by atoms with Crippen molar-refractivity contribution in [3.8, 4) is 11.1 Å². The van der Waals surface area contributed by atoms with Crippen LogP contribution < -0.4 is 5.56 Å². The van der Waals surface area contributed by atoms with Gasteiger partial charge in [-0.15, -0.1) is 0 Å². The van der Waals surface area contributed by atoms with Crippen LogP contribution in [-0.2, 0) is 6.54 Å². The minimum atomic E-state index is -0.732. The number of pyridine rings is 2. The molecule has 0 fully saturated rings. The second-order valence-electron chi connectivity index (χ2n) is 6.88. The van der Waals surface area contributed by atoms with Crippen LogP contribution in [0.3, 0.4) is 0 Å². The van der Waals surface area contributed by atoms with E-state index < -0.39 is 17.2 Å². The van der Waals surface area contributed by atoms with Crippen molar-refractivity contribution < 1.29 is 8.78 Å². The molecule has 0 spiro atoms. The summed E-state index contributed by atoms with van der Waals surface area (Å²) in [5.74, 6) is -1.46. The van der Waals surface area contributed by atoms with Gasteiger partial charge in [0.25, 0.3) is 5.56 Å². The molecule has 0 atom stereocenters. The molecule has 0 N–H and O–H groups in total. The van der Waals surface area contributed by atoms with Crippen molar-refractivity contribution in [1.82, 2.24) is 19.5 Å². The molecule has 0 aliphatic carbocycles. The maximum Gasteiger partial charge on any atom is 0.270 e. The van der Waals surface area contributed by atoms with E-state index in [0.29, 0.717) is 16.6 Å². The van der Waals surface area contributed by atoms with E-state index in [2.05, 4.69) is 15.0 Å². The Kier molecular flexibility index (Phi) is 4.28. The van der Waals surface area contributed by atoms with Gasteiger partial charge in [0.1, 0.15) is 17.2 Å². The zero-order valence-corrected chi connectivity index (χ0v) is 15.6. The van der Waals surface area contributed by atoms with E-state index in [1.165, 1.54) is 22.9 Å². The van der Waals surface area contributed by atoms with E-state index in [4.69, 9.17) is 0 Å². The summed E-state index contributed by atoms with van der Waals surface area (Å²) in [6, 6.07) is 13.3. The van der Waals surface area contributed by atoms with Crippen molar-refractivity contribution in [2.24, 2.45) is 0 Å². The fourth-order valence-electron chi connectivity index (χ4n) is 3.49. The molecule has 3 heterocycles. The number of hydrogen-bond acceptors (Lipinski definition) is 4. The summed E-state index contributed by atoms with van der Waals surface area (Å²) in [6.07, 6.45) is 6.02. The summed E-state index contributed by atoms with van der Waals surface area (Å²) in [5, 5.41) is 1.86. The maximum absolute atomic E-state index is 14.9. The Hall–Kier alpha value is -4.00. The summed E-state index contributed by atoms with van der Waals surface area (Å²) < 4.78 is 31.1. The molecule has 5 nitrogen and oxygen atoms in total. The fraction of sp³-hybridized carbons (Fsp3) is 0.0435. The highest BCUT2D eigenvalue weighted by molar-refractivity contribution is 5.86. The summed E-state index contributed by atoms with van der Waals surface area (Å²) >= 11 is 0. The average molecular weight is 400 g/mol. The van der Waals surface area contributed by atoms with Crippen molar-refractivity contribution in [3.63, 3.8) is 0 Å². The number of nitrogens with zero attached hydrogens (tertiary/aromatic N) is 4. The van der Waals surface area contributed by atoms with Crippen molar-refractivity contribution in [3.05, 3.63) is 101 Å². The normalized spacial score (nSPS) is 11.3. The molecule has 0 saturated heterocycles. The first kappa shape index (κ1) is 18.1. The SMILES string of the molecule is O=c1cnc2cccnc2n1Cc1c(F)cc(-c2ccc3ccncc3c2)cc1F. The van der Waals surface area contributed by atoms with Gasteiger partial charge in [-0.3, -0.25) is 14.3 Å². The first-order chi connectivity index (χ1) is 14.6.